The van der Waals surface area contributed by atoms with Crippen molar-refractivity contribution in [3.8, 4) is 22.9 Å². The zero-order chi connectivity index (χ0) is 20.4. The van der Waals surface area contributed by atoms with E-state index >= 15 is 0 Å². The minimum absolute atomic E-state index is 0.0828. The number of methoxy groups -OCH3 is 1. The molecule has 0 amide bonds. The molecule has 2 aromatic carbocycles. The molecule has 0 aliphatic heterocycles. The van der Waals surface area contributed by atoms with Gasteiger partial charge in [-0.1, -0.05) is 23.7 Å². The summed E-state index contributed by atoms with van der Waals surface area (Å²) in [4.78, 5) is 10.8. The number of aromatic nitrogens is 2. The van der Waals surface area contributed by atoms with Gasteiger partial charge in [-0.15, -0.1) is 0 Å². The van der Waals surface area contributed by atoms with Crippen molar-refractivity contribution in [3.63, 3.8) is 0 Å². The van der Waals surface area contributed by atoms with E-state index in [4.69, 9.17) is 21.6 Å². The molecule has 0 aliphatic rings. The van der Waals surface area contributed by atoms with Gasteiger partial charge in [0, 0.05) is 17.3 Å². The molecular weight excluding hydrogens is 380 g/mol. The summed E-state index contributed by atoms with van der Waals surface area (Å²) in [7, 11) is 1.40. The SMILES string of the molecule is COc1ccc(Cn2nc(C)c(-c3ccc(C#N)c(Cl)c3)c2C)cc1[N+](=O)[O-]. The van der Waals surface area contributed by atoms with E-state index in [-0.39, 0.29) is 11.4 Å². The van der Waals surface area contributed by atoms with Crippen molar-refractivity contribution in [1.29, 1.82) is 5.26 Å². The Labute approximate surface area is 166 Å². The van der Waals surface area contributed by atoms with E-state index in [0.717, 1.165) is 28.1 Å². The van der Waals surface area contributed by atoms with Crippen LogP contribution in [0.1, 0.15) is 22.5 Å². The Kier molecular flexibility index (Phi) is 5.34. The Hall–Kier alpha value is -3.37. The number of ether oxygens (including phenoxy) is 1. The van der Waals surface area contributed by atoms with E-state index in [1.54, 1.807) is 28.9 Å². The molecule has 8 heteroatoms. The Bertz CT molecular complexity index is 1120. The predicted octanol–water partition coefficient (Wildman–Crippen LogP) is 4.66. The molecule has 1 heterocycles. The number of nitro groups is 1. The number of aryl methyl sites for hydroxylation is 1. The highest BCUT2D eigenvalue weighted by atomic mass is 35.5. The van der Waals surface area contributed by atoms with Gasteiger partial charge in [-0.05, 0) is 43.2 Å². The highest BCUT2D eigenvalue weighted by Gasteiger charge is 2.18. The smallest absolute Gasteiger partial charge is 0.311 e. The molecule has 0 fully saturated rings. The molecule has 3 rings (SSSR count). The number of rotatable bonds is 5. The maximum absolute atomic E-state index is 11.2. The van der Waals surface area contributed by atoms with E-state index in [1.807, 2.05) is 26.0 Å². The monoisotopic (exact) mass is 396 g/mol. The molecule has 0 spiro atoms. The Morgan fingerprint density at radius 3 is 2.64 bits per heavy atom. The summed E-state index contributed by atoms with van der Waals surface area (Å²) >= 11 is 6.17. The topological polar surface area (TPSA) is 94.0 Å². The first-order chi connectivity index (χ1) is 13.3. The first kappa shape index (κ1) is 19.4. The van der Waals surface area contributed by atoms with E-state index < -0.39 is 4.92 Å². The van der Waals surface area contributed by atoms with Crippen LogP contribution >= 0.6 is 11.6 Å². The molecule has 7 nitrogen and oxygen atoms in total. The fraction of sp³-hybridized carbons (Fsp3) is 0.200. The van der Waals surface area contributed by atoms with Gasteiger partial charge in [0.25, 0.3) is 0 Å². The minimum Gasteiger partial charge on any atom is -0.490 e. The first-order valence-electron chi connectivity index (χ1n) is 8.41. The van der Waals surface area contributed by atoms with Gasteiger partial charge >= 0.3 is 5.69 Å². The van der Waals surface area contributed by atoms with Gasteiger partial charge in [-0.3, -0.25) is 14.8 Å². The molecule has 0 saturated heterocycles. The number of benzene rings is 2. The predicted molar refractivity (Wildman–Crippen MR) is 106 cm³/mol. The van der Waals surface area contributed by atoms with Crippen LogP contribution in [0, 0.1) is 35.3 Å². The third-order valence-corrected chi connectivity index (χ3v) is 4.84. The molecule has 0 unspecified atom stereocenters. The van der Waals surface area contributed by atoms with Gasteiger partial charge in [0.05, 0.1) is 34.9 Å². The molecule has 0 radical (unpaired) electrons. The van der Waals surface area contributed by atoms with Crippen LogP contribution in [0.25, 0.3) is 11.1 Å². The van der Waals surface area contributed by atoms with E-state index in [0.29, 0.717) is 17.1 Å². The highest BCUT2D eigenvalue weighted by Crippen LogP contribution is 2.32. The van der Waals surface area contributed by atoms with Gasteiger partial charge < -0.3 is 4.74 Å². The third-order valence-electron chi connectivity index (χ3n) is 4.53. The summed E-state index contributed by atoms with van der Waals surface area (Å²) in [5.41, 5.74) is 4.57. The van der Waals surface area contributed by atoms with Crippen LogP contribution in [0.4, 0.5) is 5.69 Å². The van der Waals surface area contributed by atoms with Crippen molar-refractivity contribution < 1.29 is 9.66 Å². The summed E-state index contributed by atoms with van der Waals surface area (Å²) in [6, 6.07) is 12.2. The molecular formula is C20H17ClN4O3. The molecule has 142 valence electrons. The molecule has 3 aromatic rings. The largest absolute Gasteiger partial charge is 0.490 e. The molecule has 0 saturated carbocycles. The minimum atomic E-state index is -0.465. The van der Waals surface area contributed by atoms with Gasteiger partial charge in [0.1, 0.15) is 6.07 Å². The standard InChI is InChI=1S/C20H17ClN4O3/c1-12-20(15-5-6-16(10-22)17(21)9-15)13(2)24(23-12)11-14-4-7-19(28-3)18(8-14)25(26)27/h4-9H,11H2,1-3H3. The summed E-state index contributed by atoms with van der Waals surface area (Å²) in [6.07, 6.45) is 0. The number of nitro benzene ring substituents is 1. The molecule has 1 aromatic heterocycles. The number of nitrogens with zero attached hydrogens (tertiary/aromatic N) is 4. The van der Waals surface area contributed by atoms with Gasteiger partial charge in [0.2, 0.25) is 0 Å². The lowest BCUT2D eigenvalue weighted by Gasteiger charge is -2.08. The van der Waals surface area contributed by atoms with Crippen LogP contribution in [0.3, 0.4) is 0 Å². The Morgan fingerprint density at radius 1 is 1.29 bits per heavy atom. The Balaban J connectivity index is 1.99. The van der Waals surface area contributed by atoms with Crippen LogP contribution in [0.5, 0.6) is 5.75 Å². The zero-order valence-corrected chi connectivity index (χ0v) is 16.3. The Morgan fingerprint density at radius 2 is 2.04 bits per heavy atom. The second kappa shape index (κ2) is 7.71. The fourth-order valence-corrected chi connectivity index (χ4v) is 3.40. The van der Waals surface area contributed by atoms with Crippen LogP contribution in [-0.4, -0.2) is 21.8 Å². The lowest BCUT2D eigenvalue weighted by molar-refractivity contribution is -0.385. The maximum atomic E-state index is 11.2. The number of nitriles is 1. The third kappa shape index (κ3) is 3.55. The van der Waals surface area contributed by atoms with Crippen LogP contribution < -0.4 is 4.74 Å². The van der Waals surface area contributed by atoms with E-state index in [9.17, 15) is 10.1 Å². The summed E-state index contributed by atoms with van der Waals surface area (Å²) in [5, 5.41) is 25.3. The molecule has 0 atom stereocenters. The van der Waals surface area contributed by atoms with Crippen molar-refractivity contribution in [1.82, 2.24) is 9.78 Å². The highest BCUT2D eigenvalue weighted by molar-refractivity contribution is 6.32. The summed E-state index contributed by atoms with van der Waals surface area (Å²) in [5.74, 6) is 0.218. The second-order valence-electron chi connectivity index (χ2n) is 6.27. The van der Waals surface area contributed by atoms with Gasteiger partial charge in [-0.2, -0.15) is 10.4 Å². The molecule has 0 aliphatic carbocycles. The normalized spacial score (nSPS) is 10.5. The average molecular weight is 397 g/mol. The van der Waals surface area contributed by atoms with E-state index in [2.05, 4.69) is 5.10 Å². The molecule has 28 heavy (non-hydrogen) atoms. The second-order valence-corrected chi connectivity index (χ2v) is 6.68. The van der Waals surface area contributed by atoms with Crippen molar-refractivity contribution in [2.75, 3.05) is 7.11 Å². The van der Waals surface area contributed by atoms with Crippen LogP contribution in [0.15, 0.2) is 36.4 Å². The van der Waals surface area contributed by atoms with Gasteiger partial charge in [0.15, 0.2) is 5.75 Å². The van der Waals surface area contributed by atoms with Crippen LogP contribution in [0.2, 0.25) is 5.02 Å². The lowest BCUT2D eigenvalue weighted by atomic mass is 10.0. The van der Waals surface area contributed by atoms with Gasteiger partial charge in [-0.25, -0.2) is 0 Å². The number of hydrogen-bond acceptors (Lipinski definition) is 5. The molecule has 0 bridgehead atoms. The maximum Gasteiger partial charge on any atom is 0.311 e. The summed E-state index contributed by atoms with van der Waals surface area (Å²) in [6.45, 7) is 4.20. The van der Waals surface area contributed by atoms with Crippen molar-refractivity contribution in [3.05, 3.63) is 74.0 Å². The average Bonchev–Trinajstić information content (AvgIpc) is 2.94. The van der Waals surface area contributed by atoms with Crippen molar-refractivity contribution in [2.45, 2.75) is 20.4 Å². The summed E-state index contributed by atoms with van der Waals surface area (Å²) < 4.78 is 6.84. The van der Waals surface area contributed by atoms with Crippen LogP contribution in [-0.2, 0) is 6.54 Å². The van der Waals surface area contributed by atoms with E-state index in [1.165, 1.54) is 13.2 Å². The fourth-order valence-electron chi connectivity index (χ4n) is 3.18. The quantitative estimate of drug-likeness (QED) is 0.462. The lowest BCUT2D eigenvalue weighted by Crippen LogP contribution is -2.05. The van der Waals surface area contributed by atoms with Crippen molar-refractivity contribution in [2.24, 2.45) is 0 Å². The zero-order valence-electron chi connectivity index (χ0n) is 15.6. The molecule has 0 N–H and O–H groups in total. The first-order valence-corrected chi connectivity index (χ1v) is 8.78. The van der Waals surface area contributed by atoms with Crippen molar-refractivity contribution >= 4 is 17.3 Å². The number of hydrogen-bond donors (Lipinski definition) is 0. The number of halogens is 1.